The number of nitrogens with two attached hydrogens (primary N) is 2. The molecular weight excluding hydrogens is 430 g/mol. The molecule has 0 bridgehead atoms. The normalized spacial score (nSPS) is 25.6. The van der Waals surface area contributed by atoms with Gasteiger partial charge in [0, 0.05) is 19.6 Å². The van der Waals surface area contributed by atoms with Gasteiger partial charge in [-0.25, -0.2) is 4.79 Å². The lowest BCUT2D eigenvalue weighted by Crippen LogP contribution is -2.56. The summed E-state index contributed by atoms with van der Waals surface area (Å²) in [7, 11) is 0. The molecule has 4 unspecified atom stereocenters. The molecule has 33 heavy (non-hydrogen) atoms. The molecule has 4 atom stereocenters. The van der Waals surface area contributed by atoms with Crippen LogP contribution in [0.4, 0.5) is 0 Å². The fourth-order valence-electron chi connectivity index (χ4n) is 4.91. The van der Waals surface area contributed by atoms with Crippen molar-refractivity contribution < 1.29 is 24.3 Å². The van der Waals surface area contributed by atoms with Crippen LogP contribution in [0.3, 0.4) is 0 Å². The number of carbonyl (C=O) groups is 4. The molecule has 3 aliphatic heterocycles. The molecule has 3 heterocycles. The van der Waals surface area contributed by atoms with Crippen LogP contribution >= 0.6 is 0 Å². The molecule has 0 saturated carbocycles. The number of carboxylic acid groups (broad SMARTS) is 1. The van der Waals surface area contributed by atoms with Gasteiger partial charge in [-0.2, -0.15) is 0 Å². The molecule has 12 nitrogen and oxygen atoms in total. The molecule has 0 radical (unpaired) electrons. The number of carbonyl (C=O) groups excluding carboxylic acids is 3. The quantitative estimate of drug-likeness (QED) is 0.152. The molecule has 0 aromatic carbocycles. The SMILES string of the molecule is NC(N)=NCCCC(NC(=O)C1CCCN1C(=O)C1CCCN1)C(=O)N1CCCC1C(=O)O. The minimum atomic E-state index is -1.05. The minimum absolute atomic E-state index is 0.0620. The number of amides is 3. The Morgan fingerprint density at radius 1 is 1.03 bits per heavy atom. The van der Waals surface area contributed by atoms with Gasteiger partial charge in [-0.3, -0.25) is 19.4 Å². The highest BCUT2D eigenvalue weighted by Crippen LogP contribution is 2.23. The van der Waals surface area contributed by atoms with Crippen molar-refractivity contribution in [3.05, 3.63) is 0 Å². The van der Waals surface area contributed by atoms with Gasteiger partial charge in [0.05, 0.1) is 6.04 Å². The topological polar surface area (TPSA) is 183 Å². The Bertz CT molecular complexity index is 779. The highest BCUT2D eigenvalue weighted by molar-refractivity contribution is 5.94. The van der Waals surface area contributed by atoms with E-state index in [0.29, 0.717) is 45.2 Å². The number of hydrogen-bond donors (Lipinski definition) is 5. The zero-order valence-corrected chi connectivity index (χ0v) is 18.9. The third kappa shape index (κ3) is 6.12. The van der Waals surface area contributed by atoms with Gasteiger partial charge in [0.15, 0.2) is 5.96 Å². The van der Waals surface area contributed by atoms with Gasteiger partial charge in [-0.15, -0.1) is 0 Å². The van der Waals surface area contributed by atoms with Gasteiger partial charge >= 0.3 is 5.97 Å². The first-order chi connectivity index (χ1) is 15.8. The minimum Gasteiger partial charge on any atom is -0.480 e. The highest BCUT2D eigenvalue weighted by Gasteiger charge is 2.41. The Balaban J connectivity index is 1.69. The first-order valence-corrected chi connectivity index (χ1v) is 11.7. The zero-order chi connectivity index (χ0) is 24.0. The summed E-state index contributed by atoms with van der Waals surface area (Å²) in [4.78, 5) is 57.7. The molecule has 0 aromatic heterocycles. The number of aliphatic imine (C=N–C) groups is 1. The number of carboxylic acids is 1. The van der Waals surface area contributed by atoms with Crippen LogP contribution < -0.4 is 22.1 Å². The second-order valence-electron chi connectivity index (χ2n) is 8.88. The summed E-state index contributed by atoms with van der Waals surface area (Å²) in [6, 6.07) is -2.71. The third-order valence-electron chi connectivity index (χ3n) is 6.58. The number of nitrogens with one attached hydrogen (secondary N) is 2. The predicted octanol–water partition coefficient (Wildman–Crippen LogP) is -1.66. The molecular formula is C21H35N7O5. The van der Waals surface area contributed by atoms with Crippen molar-refractivity contribution in [3.8, 4) is 0 Å². The van der Waals surface area contributed by atoms with Crippen molar-refractivity contribution in [1.29, 1.82) is 0 Å². The largest absolute Gasteiger partial charge is 0.480 e. The number of guanidine groups is 1. The Labute approximate surface area is 193 Å². The van der Waals surface area contributed by atoms with E-state index in [1.165, 1.54) is 4.90 Å². The maximum Gasteiger partial charge on any atom is 0.326 e. The lowest BCUT2D eigenvalue weighted by Gasteiger charge is -2.30. The van der Waals surface area contributed by atoms with E-state index < -0.39 is 30.0 Å². The van der Waals surface area contributed by atoms with Crippen LogP contribution in [0.2, 0.25) is 0 Å². The van der Waals surface area contributed by atoms with Crippen molar-refractivity contribution in [2.45, 2.75) is 75.5 Å². The number of likely N-dealkylation sites (tertiary alicyclic amines) is 2. The maximum absolute atomic E-state index is 13.2. The number of hydrogen-bond acceptors (Lipinski definition) is 6. The Kier molecular flexibility index (Phi) is 8.48. The van der Waals surface area contributed by atoms with Crippen LogP contribution in [-0.4, -0.2) is 94.9 Å². The van der Waals surface area contributed by atoms with E-state index in [4.69, 9.17) is 11.5 Å². The zero-order valence-electron chi connectivity index (χ0n) is 18.9. The summed E-state index contributed by atoms with van der Waals surface area (Å²) < 4.78 is 0. The van der Waals surface area contributed by atoms with E-state index in [-0.39, 0.29) is 36.8 Å². The summed E-state index contributed by atoms with van der Waals surface area (Å²) in [5, 5.41) is 15.5. The van der Waals surface area contributed by atoms with E-state index in [1.54, 1.807) is 4.90 Å². The van der Waals surface area contributed by atoms with Gasteiger partial charge in [0.2, 0.25) is 17.7 Å². The first-order valence-electron chi connectivity index (χ1n) is 11.7. The van der Waals surface area contributed by atoms with Crippen molar-refractivity contribution in [2.75, 3.05) is 26.2 Å². The average Bonchev–Trinajstić information content (AvgIpc) is 3.55. The average molecular weight is 466 g/mol. The summed E-state index contributed by atoms with van der Waals surface area (Å²) >= 11 is 0. The van der Waals surface area contributed by atoms with E-state index in [1.807, 2.05) is 0 Å². The van der Waals surface area contributed by atoms with Crippen molar-refractivity contribution in [1.82, 2.24) is 20.4 Å². The molecule has 0 spiro atoms. The molecule has 3 amide bonds. The van der Waals surface area contributed by atoms with Crippen LogP contribution in [-0.2, 0) is 19.2 Å². The van der Waals surface area contributed by atoms with E-state index >= 15 is 0 Å². The molecule has 0 aromatic rings. The monoisotopic (exact) mass is 465 g/mol. The fourth-order valence-corrected chi connectivity index (χ4v) is 4.91. The van der Waals surface area contributed by atoms with Gasteiger partial charge in [0.1, 0.15) is 18.1 Å². The van der Waals surface area contributed by atoms with Crippen molar-refractivity contribution in [2.24, 2.45) is 16.5 Å². The van der Waals surface area contributed by atoms with Gasteiger partial charge in [-0.1, -0.05) is 0 Å². The molecule has 3 aliphatic rings. The molecule has 3 fully saturated rings. The number of aliphatic carboxylic acids is 1. The molecule has 184 valence electrons. The standard InChI is InChI=1S/C21H35N7O5/c22-21(23)25-10-2-6-14(19(31)28-12-4-8-16(28)20(32)33)26-17(29)15-7-3-11-27(15)18(30)13-5-1-9-24-13/h13-16,24H,1-12H2,(H,26,29)(H,32,33)(H4,22,23,25). The lowest BCUT2D eigenvalue weighted by molar-refractivity contribution is -0.150. The third-order valence-corrected chi connectivity index (χ3v) is 6.58. The Hall–Kier alpha value is -2.89. The van der Waals surface area contributed by atoms with Crippen LogP contribution in [0.15, 0.2) is 4.99 Å². The van der Waals surface area contributed by atoms with E-state index in [9.17, 15) is 24.3 Å². The van der Waals surface area contributed by atoms with Crippen molar-refractivity contribution >= 4 is 29.7 Å². The predicted molar refractivity (Wildman–Crippen MR) is 120 cm³/mol. The van der Waals surface area contributed by atoms with Crippen molar-refractivity contribution in [3.63, 3.8) is 0 Å². The van der Waals surface area contributed by atoms with Gasteiger partial charge < -0.3 is 37.0 Å². The first kappa shape index (κ1) is 24.7. The van der Waals surface area contributed by atoms with Crippen LogP contribution in [0, 0.1) is 0 Å². The Morgan fingerprint density at radius 3 is 2.36 bits per heavy atom. The summed E-state index contributed by atoms with van der Waals surface area (Å²) in [5.41, 5.74) is 10.7. The molecule has 12 heteroatoms. The maximum atomic E-state index is 13.2. The molecule has 7 N–H and O–H groups in total. The number of nitrogens with zero attached hydrogens (tertiary/aromatic N) is 3. The summed E-state index contributed by atoms with van der Waals surface area (Å²) in [5.74, 6) is -2.00. The fraction of sp³-hybridized carbons (Fsp3) is 0.762. The summed E-state index contributed by atoms with van der Waals surface area (Å²) in [6.07, 6.45) is 4.59. The highest BCUT2D eigenvalue weighted by atomic mass is 16.4. The second-order valence-corrected chi connectivity index (χ2v) is 8.88. The Morgan fingerprint density at radius 2 is 1.73 bits per heavy atom. The van der Waals surface area contributed by atoms with Crippen LogP contribution in [0.1, 0.15) is 51.4 Å². The van der Waals surface area contributed by atoms with Gasteiger partial charge in [-0.05, 0) is 57.9 Å². The van der Waals surface area contributed by atoms with E-state index in [2.05, 4.69) is 15.6 Å². The van der Waals surface area contributed by atoms with Crippen LogP contribution in [0.5, 0.6) is 0 Å². The molecule has 3 rings (SSSR count). The van der Waals surface area contributed by atoms with Gasteiger partial charge in [0.25, 0.3) is 0 Å². The molecule has 0 aliphatic carbocycles. The second kappa shape index (κ2) is 11.3. The smallest absolute Gasteiger partial charge is 0.326 e. The van der Waals surface area contributed by atoms with Crippen LogP contribution in [0.25, 0.3) is 0 Å². The summed E-state index contributed by atoms with van der Waals surface area (Å²) in [6.45, 7) is 1.91. The lowest BCUT2D eigenvalue weighted by atomic mass is 10.1. The van der Waals surface area contributed by atoms with E-state index in [0.717, 1.165) is 19.4 Å². The molecule has 3 saturated heterocycles. The number of rotatable bonds is 9.